The first-order chi connectivity index (χ1) is 10.7. The van der Waals surface area contributed by atoms with E-state index in [9.17, 15) is 12.8 Å². The molecule has 120 valence electrons. The van der Waals surface area contributed by atoms with Crippen molar-refractivity contribution in [2.24, 2.45) is 5.14 Å². The molecule has 0 unspecified atom stereocenters. The van der Waals surface area contributed by atoms with Crippen molar-refractivity contribution in [3.05, 3.63) is 51.3 Å². The first-order valence-electron chi connectivity index (χ1n) is 6.35. The van der Waals surface area contributed by atoms with Crippen LogP contribution in [0, 0.1) is 12.7 Å². The van der Waals surface area contributed by atoms with Crippen molar-refractivity contribution >= 4 is 43.1 Å². The van der Waals surface area contributed by atoms with E-state index >= 15 is 0 Å². The van der Waals surface area contributed by atoms with Gasteiger partial charge in [-0.15, -0.1) is 0 Å². The SMILES string of the molecule is Cc1cc(Br)c(F)cc1-c1nn2cc(Cl)ccc2c1S(N)(=O)=O. The lowest BCUT2D eigenvalue weighted by Gasteiger charge is -2.06. The minimum atomic E-state index is -4.08. The van der Waals surface area contributed by atoms with E-state index in [0.717, 1.165) is 0 Å². The van der Waals surface area contributed by atoms with Gasteiger partial charge in [-0.2, -0.15) is 5.10 Å². The zero-order valence-corrected chi connectivity index (χ0v) is 14.9. The van der Waals surface area contributed by atoms with Gasteiger partial charge in [-0.1, -0.05) is 11.6 Å². The summed E-state index contributed by atoms with van der Waals surface area (Å²) >= 11 is 9.00. The fourth-order valence-electron chi connectivity index (χ4n) is 2.36. The number of hydrogen-bond acceptors (Lipinski definition) is 3. The topological polar surface area (TPSA) is 77.5 Å². The first-order valence-corrected chi connectivity index (χ1v) is 9.07. The summed E-state index contributed by atoms with van der Waals surface area (Å²) in [5.74, 6) is -0.527. The lowest BCUT2D eigenvalue weighted by molar-refractivity contribution is 0.598. The number of benzene rings is 1. The molecule has 0 amide bonds. The summed E-state index contributed by atoms with van der Waals surface area (Å²) in [5, 5.41) is 9.96. The van der Waals surface area contributed by atoms with Gasteiger partial charge in [0, 0.05) is 11.8 Å². The van der Waals surface area contributed by atoms with Crippen molar-refractivity contribution in [1.82, 2.24) is 9.61 Å². The molecule has 0 fully saturated rings. The molecule has 9 heteroatoms. The molecule has 2 N–H and O–H groups in total. The Hall–Kier alpha value is -1.48. The standard InChI is InChI=1S/C14H10BrClFN3O2S/c1-7-4-10(15)11(17)5-9(7)13-14(23(18,21)22)12-3-2-8(16)6-20(12)19-13/h2-6H,1H3,(H2,18,21,22). The number of aromatic nitrogens is 2. The van der Waals surface area contributed by atoms with Gasteiger partial charge in [0.1, 0.15) is 16.4 Å². The average Bonchev–Trinajstić information content (AvgIpc) is 2.80. The summed E-state index contributed by atoms with van der Waals surface area (Å²) in [4.78, 5) is -0.168. The Balaban J connectivity index is 2.45. The minimum absolute atomic E-state index is 0.0821. The number of primary sulfonamides is 1. The van der Waals surface area contributed by atoms with Gasteiger partial charge in [0.25, 0.3) is 0 Å². The fourth-order valence-corrected chi connectivity index (χ4v) is 3.85. The highest BCUT2D eigenvalue weighted by molar-refractivity contribution is 9.10. The van der Waals surface area contributed by atoms with E-state index in [1.165, 1.54) is 28.9 Å². The molecule has 2 heterocycles. The molecule has 5 nitrogen and oxygen atoms in total. The predicted molar refractivity (Wildman–Crippen MR) is 89.4 cm³/mol. The number of rotatable bonds is 2. The van der Waals surface area contributed by atoms with Crippen LogP contribution in [0.4, 0.5) is 4.39 Å². The second-order valence-electron chi connectivity index (χ2n) is 4.98. The van der Waals surface area contributed by atoms with E-state index in [2.05, 4.69) is 21.0 Å². The van der Waals surface area contributed by atoms with Crippen LogP contribution < -0.4 is 5.14 Å². The van der Waals surface area contributed by atoms with Crippen molar-refractivity contribution in [3.63, 3.8) is 0 Å². The molecule has 0 saturated heterocycles. The van der Waals surface area contributed by atoms with Gasteiger partial charge in [0.15, 0.2) is 0 Å². The lowest BCUT2D eigenvalue weighted by Crippen LogP contribution is -2.13. The Labute approximate surface area is 145 Å². The van der Waals surface area contributed by atoms with Crippen LogP contribution in [0.2, 0.25) is 5.02 Å². The highest BCUT2D eigenvalue weighted by atomic mass is 79.9. The first kappa shape index (κ1) is 16.4. The van der Waals surface area contributed by atoms with Crippen molar-refractivity contribution in [3.8, 4) is 11.3 Å². The number of nitrogens with two attached hydrogens (primary N) is 1. The van der Waals surface area contributed by atoms with E-state index in [0.29, 0.717) is 16.1 Å². The molecular weight excluding hydrogens is 409 g/mol. The summed E-state index contributed by atoms with van der Waals surface area (Å²) in [6.45, 7) is 1.73. The normalized spacial score (nSPS) is 12.0. The van der Waals surface area contributed by atoms with Gasteiger partial charge >= 0.3 is 0 Å². The Morgan fingerprint density at radius 2 is 2.04 bits per heavy atom. The van der Waals surface area contributed by atoms with Gasteiger partial charge in [0.2, 0.25) is 10.0 Å². The maximum Gasteiger partial charge on any atom is 0.242 e. The molecule has 0 bridgehead atoms. The highest BCUT2D eigenvalue weighted by Gasteiger charge is 2.25. The number of sulfonamides is 1. The zero-order valence-electron chi connectivity index (χ0n) is 11.7. The highest BCUT2D eigenvalue weighted by Crippen LogP contribution is 2.34. The molecule has 2 aromatic heterocycles. The Morgan fingerprint density at radius 3 is 2.70 bits per heavy atom. The second-order valence-corrected chi connectivity index (χ2v) is 7.77. The smallest absolute Gasteiger partial charge is 0.237 e. The third-order valence-corrected chi connectivity index (χ3v) is 5.16. The molecule has 0 spiro atoms. The molecule has 3 rings (SSSR count). The van der Waals surface area contributed by atoms with Crippen molar-refractivity contribution in [2.75, 3.05) is 0 Å². The van der Waals surface area contributed by atoms with Crippen LogP contribution >= 0.6 is 27.5 Å². The number of pyridine rings is 1. The summed E-state index contributed by atoms with van der Waals surface area (Å²) in [6, 6.07) is 5.81. The maximum atomic E-state index is 13.9. The fraction of sp³-hybridized carbons (Fsp3) is 0.0714. The molecular formula is C14H10BrClFN3O2S. The molecule has 0 aliphatic rings. The second kappa shape index (κ2) is 5.55. The van der Waals surface area contributed by atoms with Gasteiger partial charge in [-0.3, -0.25) is 0 Å². The third kappa shape index (κ3) is 2.87. The average molecular weight is 419 g/mol. The summed E-state index contributed by atoms with van der Waals surface area (Å²) < 4.78 is 39.6. The van der Waals surface area contributed by atoms with Crippen LogP contribution in [-0.4, -0.2) is 18.0 Å². The quantitative estimate of drug-likeness (QED) is 0.692. The van der Waals surface area contributed by atoms with Gasteiger partial charge in [-0.05, 0) is 52.7 Å². The van der Waals surface area contributed by atoms with Crippen molar-refractivity contribution < 1.29 is 12.8 Å². The van der Waals surface area contributed by atoms with E-state index < -0.39 is 15.8 Å². The molecule has 3 aromatic rings. The summed E-state index contributed by atoms with van der Waals surface area (Å²) in [7, 11) is -4.08. The van der Waals surface area contributed by atoms with E-state index in [1.807, 2.05) is 0 Å². The van der Waals surface area contributed by atoms with Gasteiger partial charge < -0.3 is 0 Å². The molecule has 23 heavy (non-hydrogen) atoms. The minimum Gasteiger partial charge on any atom is -0.237 e. The Kier molecular flexibility index (Phi) is 3.96. The lowest BCUT2D eigenvalue weighted by atomic mass is 10.1. The molecule has 0 saturated carbocycles. The van der Waals surface area contributed by atoms with Crippen LogP contribution in [-0.2, 0) is 10.0 Å². The summed E-state index contributed by atoms with van der Waals surface area (Å²) in [6.07, 6.45) is 1.46. The van der Waals surface area contributed by atoms with E-state index in [-0.39, 0.29) is 20.6 Å². The molecule has 0 radical (unpaired) electrons. The van der Waals surface area contributed by atoms with Gasteiger partial charge in [-0.25, -0.2) is 22.5 Å². The monoisotopic (exact) mass is 417 g/mol. The molecule has 0 aliphatic carbocycles. The number of halogens is 3. The van der Waals surface area contributed by atoms with Crippen molar-refractivity contribution in [2.45, 2.75) is 11.8 Å². The third-order valence-electron chi connectivity index (χ3n) is 3.36. The van der Waals surface area contributed by atoms with E-state index in [4.69, 9.17) is 16.7 Å². The van der Waals surface area contributed by atoms with Crippen LogP contribution in [0.25, 0.3) is 16.8 Å². The zero-order chi connectivity index (χ0) is 16.9. The van der Waals surface area contributed by atoms with Crippen LogP contribution in [0.1, 0.15) is 5.56 Å². The summed E-state index contributed by atoms with van der Waals surface area (Å²) in [5.41, 5.74) is 1.35. The molecule has 1 aromatic carbocycles. The Morgan fingerprint density at radius 1 is 1.35 bits per heavy atom. The van der Waals surface area contributed by atoms with Crippen LogP contribution in [0.5, 0.6) is 0 Å². The van der Waals surface area contributed by atoms with E-state index in [1.54, 1.807) is 13.0 Å². The predicted octanol–water partition coefficient (Wildman–Crippen LogP) is 3.51. The number of aryl methyl sites for hydroxylation is 1. The van der Waals surface area contributed by atoms with Crippen molar-refractivity contribution in [1.29, 1.82) is 0 Å². The molecule has 0 aliphatic heterocycles. The maximum absolute atomic E-state index is 13.9. The van der Waals surface area contributed by atoms with Gasteiger partial charge in [0.05, 0.1) is 15.0 Å². The molecule has 0 atom stereocenters. The number of hydrogen-bond donors (Lipinski definition) is 1. The largest absolute Gasteiger partial charge is 0.242 e. The van der Waals surface area contributed by atoms with Crippen LogP contribution in [0.15, 0.2) is 39.8 Å². The Bertz CT molecular complexity index is 1050. The van der Waals surface area contributed by atoms with Crippen LogP contribution in [0.3, 0.4) is 0 Å². The number of nitrogens with zero attached hydrogens (tertiary/aromatic N) is 2. The number of fused-ring (bicyclic) bond motifs is 1.